The van der Waals surface area contributed by atoms with Crippen LogP contribution >= 0.6 is 11.3 Å². The summed E-state index contributed by atoms with van der Waals surface area (Å²) in [6, 6.07) is 11.3. The van der Waals surface area contributed by atoms with Gasteiger partial charge in [-0.15, -0.1) is 11.3 Å². The molecule has 21 heavy (non-hydrogen) atoms. The Labute approximate surface area is 130 Å². The second-order valence-corrected chi connectivity index (χ2v) is 8.16. The van der Waals surface area contributed by atoms with E-state index < -0.39 is 10.0 Å². The van der Waals surface area contributed by atoms with E-state index in [1.54, 1.807) is 27.8 Å². The van der Waals surface area contributed by atoms with E-state index in [-0.39, 0.29) is 6.04 Å². The predicted octanol–water partition coefficient (Wildman–Crippen LogP) is 3.84. The van der Waals surface area contributed by atoms with Gasteiger partial charge in [-0.05, 0) is 48.4 Å². The third-order valence-corrected chi connectivity index (χ3v) is 6.91. The largest absolute Gasteiger partial charge is 0.243 e. The first-order valence-electron chi connectivity index (χ1n) is 7.27. The van der Waals surface area contributed by atoms with Gasteiger partial charge in [-0.1, -0.05) is 25.1 Å². The number of nitrogens with zero attached hydrogens (tertiary/aromatic N) is 1. The zero-order valence-corrected chi connectivity index (χ0v) is 13.7. The molecule has 0 aliphatic carbocycles. The van der Waals surface area contributed by atoms with Gasteiger partial charge in [-0.2, -0.15) is 4.31 Å². The lowest BCUT2D eigenvalue weighted by Gasteiger charge is -2.23. The summed E-state index contributed by atoms with van der Waals surface area (Å²) in [4.78, 5) is 1.55. The summed E-state index contributed by atoms with van der Waals surface area (Å²) >= 11 is 1.64. The fourth-order valence-electron chi connectivity index (χ4n) is 2.83. The van der Waals surface area contributed by atoms with Gasteiger partial charge < -0.3 is 0 Å². The summed E-state index contributed by atoms with van der Waals surface area (Å²) in [5.74, 6) is 0. The van der Waals surface area contributed by atoms with Gasteiger partial charge in [0.15, 0.2) is 0 Å². The van der Waals surface area contributed by atoms with Gasteiger partial charge in [0.25, 0.3) is 0 Å². The molecule has 1 aromatic carbocycles. The lowest BCUT2D eigenvalue weighted by Crippen LogP contribution is -2.30. The van der Waals surface area contributed by atoms with Crippen LogP contribution in [0.3, 0.4) is 0 Å². The second-order valence-electron chi connectivity index (χ2n) is 5.29. The number of aryl methyl sites for hydroxylation is 1. The Bertz CT molecular complexity index is 690. The molecule has 0 spiro atoms. The van der Waals surface area contributed by atoms with Crippen molar-refractivity contribution in [1.29, 1.82) is 0 Å². The van der Waals surface area contributed by atoms with E-state index in [1.165, 1.54) is 0 Å². The minimum Gasteiger partial charge on any atom is -0.207 e. The summed E-state index contributed by atoms with van der Waals surface area (Å²) in [7, 11) is -3.40. The number of benzene rings is 1. The van der Waals surface area contributed by atoms with Crippen LogP contribution in [0, 0.1) is 0 Å². The quantitative estimate of drug-likeness (QED) is 0.858. The van der Waals surface area contributed by atoms with Crippen LogP contribution in [0.15, 0.2) is 46.7 Å². The minimum atomic E-state index is -3.40. The highest BCUT2D eigenvalue weighted by Crippen LogP contribution is 2.38. The summed E-state index contributed by atoms with van der Waals surface area (Å²) < 4.78 is 27.4. The summed E-state index contributed by atoms with van der Waals surface area (Å²) in [5, 5.41) is 2.01. The van der Waals surface area contributed by atoms with Crippen molar-refractivity contribution in [3.8, 4) is 0 Å². The SMILES string of the molecule is CCc1ccc(S(=O)(=O)N2CCC[C@H]2c2cccs2)cc1. The van der Waals surface area contributed by atoms with Crippen LogP contribution in [-0.2, 0) is 16.4 Å². The van der Waals surface area contributed by atoms with E-state index >= 15 is 0 Å². The Hall–Kier alpha value is -1.17. The predicted molar refractivity (Wildman–Crippen MR) is 86.0 cm³/mol. The highest BCUT2D eigenvalue weighted by atomic mass is 32.2. The molecule has 0 unspecified atom stereocenters. The number of thiophene rings is 1. The number of sulfonamides is 1. The van der Waals surface area contributed by atoms with Crippen LogP contribution in [-0.4, -0.2) is 19.3 Å². The maximum atomic E-state index is 12.9. The molecule has 0 N–H and O–H groups in total. The molecule has 1 aliphatic heterocycles. The normalized spacial score (nSPS) is 20.0. The summed E-state index contributed by atoms with van der Waals surface area (Å²) in [6.45, 7) is 2.68. The van der Waals surface area contributed by atoms with E-state index in [9.17, 15) is 8.42 Å². The van der Waals surface area contributed by atoms with Gasteiger partial charge in [0.1, 0.15) is 0 Å². The Morgan fingerprint density at radius 1 is 1.24 bits per heavy atom. The zero-order chi connectivity index (χ0) is 14.9. The number of hydrogen-bond donors (Lipinski definition) is 0. The third kappa shape index (κ3) is 2.78. The van der Waals surface area contributed by atoms with Crippen LogP contribution in [0.5, 0.6) is 0 Å². The van der Waals surface area contributed by atoms with Gasteiger partial charge >= 0.3 is 0 Å². The molecule has 1 fully saturated rings. The van der Waals surface area contributed by atoms with Crippen LogP contribution in [0.1, 0.15) is 36.2 Å². The fraction of sp³-hybridized carbons (Fsp3) is 0.375. The molecule has 112 valence electrons. The van der Waals surface area contributed by atoms with Gasteiger partial charge in [-0.25, -0.2) is 8.42 Å². The van der Waals surface area contributed by atoms with Crippen molar-refractivity contribution in [1.82, 2.24) is 4.31 Å². The smallest absolute Gasteiger partial charge is 0.207 e. The molecule has 3 nitrogen and oxygen atoms in total. The van der Waals surface area contributed by atoms with Gasteiger partial charge in [0, 0.05) is 11.4 Å². The first-order chi connectivity index (χ1) is 10.1. The van der Waals surface area contributed by atoms with E-state index in [1.807, 2.05) is 29.6 Å². The Balaban J connectivity index is 1.93. The summed E-state index contributed by atoms with van der Waals surface area (Å²) in [6.07, 6.45) is 2.75. The van der Waals surface area contributed by atoms with Gasteiger partial charge in [-0.3, -0.25) is 0 Å². The molecule has 2 aromatic rings. The lowest BCUT2D eigenvalue weighted by molar-refractivity contribution is 0.401. The Morgan fingerprint density at radius 2 is 2.00 bits per heavy atom. The molecule has 5 heteroatoms. The molecular formula is C16H19NO2S2. The van der Waals surface area contributed by atoms with Crippen LogP contribution in [0.4, 0.5) is 0 Å². The first-order valence-corrected chi connectivity index (χ1v) is 9.59. The highest BCUT2D eigenvalue weighted by molar-refractivity contribution is 7.89. The Morgan fingerprint density at radius 3 is 2.62 bits per heavy atom. The number of hydrogen-bond acceptors (Lipinski definition) is 3. The zero-order valence-electron chi connectivity index (χ0n) is 12.0. The topological polar surface area (TPSA) is 37.4 Å². The maximum absolute atomic E-state index is 12.9. The standard InChI is InChI=1S/C16H19NO2S2/c1-2-13-7-9-14(10-8-13)21(18,19)17-11-3-5-15(17)16-6-4-12-20-16/h4,6-10,12,15H,2-3,5,11H2,1H3/t15-/m0/s1. The maximum Gasteiger partial charge on any atom is 0.243 e. The van der Waals surface area contributed by atoms with Crippen molar-refractivity contribution in [3.05, 3.63) is 52.2 Å². The molecule has 1 aliphatic rings. The molecule has 2 heterocycles. The van der Waals surface area contributed by atoms with E-state index in [4.69, 9.17) is 0 Å². The molecular weight excluding hydrogens is 302 g/mol. The molecule has 0 radical (unpaired) electrons. The van der Waals surface area contributed by atoms with E-state index in [0.29, 0.717) is 11.4 Å². The van der Waals surface area contributed by atoms with Crippen molar-refractivity contribution in [2.45, 2.75) is 37.1 Å². The van der Waals surface area contributed by atoms with E-state index in [2.05, 4.69) is 6.92 Å². The molecule has 0 saturated carbocycles. The molecule has 0 bridgehead atoms. The molecule has 1 aromatic heterocycles. The molecule has 1 saturated heterocycles. The minimum absolute atomic E-state index is 0.000789. The average Bonchev–Trinajstić information content (AvgIpc) is 3.17. The number of rotatable bonds is 4. The molecule has 3 rings (SSSR count). The van der Waals surface area contributed by atoms with Crippen LogP contribution < -0.4 is 0 Å². The fourth-order valence-corrected chi connectivity index (χ4v) is 5.44. The van der Waals surface area contributed by atoms with Crippen molar-refractivity contribution in [2.75, 3.05) is 6.54 Å². The first kappa shape index (κ1) is 14.8. The monoisotopic (exact) mass is 321 g/mol. The highest BCUT2D eigenvalue weighted by Gasteiger charge is 2.36. The third-order valence-electron chi connectivity index (χ3n) is 4.01. The van der Waals surface area contributed by atoms with Gasteiger partial charge in [0.05, 0.1) is 10.9 Å². The van der Waals surface area contributed by atoms with Gasteiger partial charge in [0.2, 0.25) is 10.0 Å². The summed E-state index contributed by atoms with van der Waals surface area (Å²) in [5.41, 5.74) is 1.16. The van der Waals surface area contributed by atoms with Crippen molar-refractivity contribution in [3.63, 3.8) is 0 Å². The van der Waals surface area contributed by atoms with E-state index in [0.717, 1.165) is 29.7 Å². The molecule has 1 atom stereocenters. The average molecular weight is 321 g/mol. The van der Waals surface area contributed by atoms with Crippen LogP contribution in [0.25, 0.3) is 0 Å². The van der Waals surface area contributed by atoms with Crippen molar-refractivity contribution in [2.24, 2.45) is 0 Å². The van der Waals surface area contributed by atoms with Crippen LogP contribution in [0.2, 0.25) is 0 Å². The second kappa shape index (κ2) is 5.91. The van der Waals surface area contributed by atoms with Crippen molar-refractivity contribution >= 4 is 21.4 Å². The Kier molecular flexibility index (Phi) is 4.15. The molecule has 0 amide bonds. The lowest BCUT2D eigenvalue weighted by atomic mass is 10.2. The van der Waals surface area contributed by atoms with Crippen molar-refractivity contribution < 1.29 is 8.42 Å².